The van der Waals surface area contributed by atoms with Crippen LogP contribution in [0, 0.1) is 6.92 Å². The second kappa shape index (κ2) is 7.98. The van der Waals surface area contributed by atoms with Crippen LogP contribution in [0.3, 0.4) is 0 Å². The number of nitrogens with one attached hydrogen (secondary N) is 1. The van der Waals surface area contributed by atoms with E-state index >= 15 is 0 Å². The van der Waals surface area contributed by atoms with E-state index in [2.05, 4.69) is 63.4 Å². The number of nitrogens with zero attached hydrogens (tertiary/aromatic N) is 1. The molecule has 4 rings (SSSR count). The van der Waals surface area contributed by atoms with Crippen LogP contribution in [0.1, 0.15) is 29.5 Å². The monoisotopic (exact) mass is 444 g/mol. The number of amides is 1. The van der Waals surface area contributed by atoms with Crippen molar-refractivity contribution in [1.29, 1.82) is 0 Å². The molecule has 0 radical (unpaired) electrons. The Morgan fingerprint density at radius 3 is 2.63 bits per heavy atom. The number of aryl methyl sites for hydroxylation is 1. The van der Waals surface area contributed by atoms with Gasteiger partial charge in [0, 0.05) is 41.3 Å². The number of halogens is 1. The van der Waals surface area contributed by atoms with Gasteiger partial charge in [0.15, 0.2) is 0 Å². The molecule has 0 spiro atoms. The van der Waals surface area contributed by atoms with Crippen molar-refractivity contribution in [2.45, 2.75) is 31.7 Å². The van der Waals surface area contributed by atoms with E-state index in [1.807, 2.05) is 23.9 Å². The summed E-state index contributed by atoms with van der Waals surface area (Å²) in [6.45, 7) is 5.41. The van der Waals surface area contributed by atoms with Gasteiger partial charge in [-0.15, -0.1) is 0 Å². The highest BCUT2D eigenvalue weighted by molar-refractivity contribution is 9.10. The molecule has 27 heavy (non-hydrogen) atoms. The van der Waals surface area contributed by atoms with Crippen LogP contribution in [0.4, 0.5) is 5.69 Å². The van der Waals surface area contributed by atoms with Crippen LogP contribution in [0.5, 0.6) is 0 Å². The minimum absolute atomic E-state index is 0.115. The highest BCUT2D eigenvalue weighted by Gasteiger charge is 2.51. The van der Waals surface area contributed by atoms with Crippen LogP contribution < -0.4 is 5.32 Å². The molecule has 2 fully saturated rings. The molecule has 0 aromatic heterocycles. The van der Waals surface area contributed by atoms with E-state index in [-0.39, 0.29) is 11.3 Å². The predicted molar refractivity (Wildman–Crippen MR) is 117 cm³/mol. The molecular weight excluding hydrogens is 420 g/mol. The molecule has 5 heteroatoms. The minimum Gasteiger partial charge on any atom is -0.325 e. The summed E-state index contributed by atoms with van der Waals surface area (Å²) in [5, 5.41) is 3.19. The van der Waals surface area contributed by atoms with Crippen molar-refractivity contribution in [3.63, 3.8) is 0 Å². The van der Waals surface area contributed by atoms with E-state index in [4.69, 9.17) is 0 Å². The first-order chi connectivity index (χ1) is 13.1. The molecule has 1 saturated heterocycles. The van der Waals surface area contributed by atoms with E-state index in [1.54, 1.807) is 0 Å². The van der Waals surface area contributed by atoms with Gasteiger partial charge in [0.1, 0.15) is 0 Å². The fourth-order valence-electron chi connectivity index (χ4n) is 3.78. The van der Waals surface area contributed by atoms with Gasteiger partial charge >= 0.3 is 0 Å². The molecule has 2 aliphatic rings. The SMILES string of the molecule is Cc1cc(CN2CCSCC2)ccc1NC(=O)C1(c2cccc(Br)c2)CC1. The Bertz CT molecular complexity index is 844. The number of thioether (sulfide) groups is 1. The van der Waals surface area contributed by atoms with Crippen molar-refractivity contribution in [3.8, 4) is 0 Å². The quantitative estimate of drug-likeness (QED) is 0.705. The van der Waals surface area contributed by atoms with Gasteiger partial charge in [-0.25, -0.2) is 0 Å². The summed E-state index contributed by atoms with van der Waals surface area (Å²) in [5.74, 6) is 2.57. The van der Waals surface area contributed by atoms with Crippen LogP contribution >= 0.6 is 27.7 Å². The van der Waals surface area contributed by atoms with Gasteiger partial charge in [-0.05, 0) is 54.7 Å². The molecule has 2 aromatic carbocycles. The molecule has 142 valence electrons. The highest BCUT2D eigenvalue weighted by Crippen LogP contribution is 2.49. The number of hydrogen-bond donors (Lipinski definition) is 1. The van der Waals surface area contributed by atoms with E-state index < -0.39 is 0 Å². The fourth-order valence-corrected chi connectivity index (χ4v) is 5.16. The molecule has 1 N–H and O–H groups in total. The maximum absolute atomic E-state index is 13.0. The largest absolute Gasteiger partial charge is 0.325 e. The maximum Gasteiger partial charge on any atom is 0.235 e. The Kier molecular flexibility index (Phi) is 5.62. The smallest absolute Gasteiger partial charge is 0.235 e. The number of hydrogen-bond acceptors (Lipinski definition) is 3. The molecule has 1 heterocycles. The van der Waals surface area contributed by atoms with Crippen molar-refractivity contribution in [2.24, 2.45) is 0 Å². The minimum atomic E-state index is -0.361. The van der Waals surface area contributed by atoms with E-state index in [9.17, 15) is 4.79 Å². The number of benzene rings is 2. The molecule has 1 aliphatic carbocycles. The molecule has 2 aromatic rings. The van der Waals surface area contributed by atoms with Crippen molar-refractivity contribution in [3.05, 3.63) is 63.6 Å². The lowest BCUT2D eigenvalue weighted by Crippen LogP contribution is -2.32. The molecule has 1 aliphatic heterocycles. The normalized spacial score (nSPS) is 18.9. The predicted octanol–water partition coefficient (Wildman–Crippen LogP) is 4.98. The summed E-state index contributed by atoms with van der Waals surface area (Å²) >= 11 is 5.56. The Morgan fingerprint density at radius 2 is 1.96 bits per heavy atom. The van der Waals surface area contributed by atoms with Crippen molar-refractivity contribution in [1.82, 2.24) is 4.90 Å². The lowest BCUT2D eigenvalue weighted by molar-refractivity contribution is -0.118. The summed E-state index contributed by atoms with van der Waals surface area (Å²) in [4.78, 5) is 15.5. The third-order valence-electron chi connectivity index (χ3n) is 5.61. The van der Waals surface area contributed by atoms with Crippen molar-refractivity contribution in [2.75, 3.05) is 29.9 Å². The van der Waals surface area contributed by atoms with Crippen LogP contribution in [0.25, 0.3) is 0 Å². The van der Waals surface area contributed by atoms with Crippen molar-refractivity contribution >= 4 is 39.3 Å². The number of anilines is 1. The lowest BCUT2D eigenvalue weighted by Gasteiger charge is -2.26. The van der Waals surface area contributed by atoms with E-state index in [0.717, 1.165) is 53.8 Å². The Labute approximate surface area is 174 Å². The number of carbonyl (C=O) groups excluding carboxylic acids is 1. The molecule has 1 amide bonds. The third kappa shape index (κ3) is 4.25. The summed E-state index contributed by atoms with van der Waals surface area (Å²) in [6, 6.07) is 14.6. The molecule has 0 bridgehead atoms. The van der Waals surface area contributed by atoms with Gasteiger partial charge < -0.3 is 5.32 Å². The molecular formula is C22H25BrN2OS. The maximum atomic E-state index is 13.0. The first-order valence-corrected chi connectivity index (χ1v) is 11.5. The second-order valence-electron chi connectivity index (χ2n) is 7.58. The Morgan fingerprint density at radius 1 is 1.19 bits per heavy atom. The topological polar surface area (TPSA) is 32.3 Å². The third-order valence-corrected chi connectivity index (χ3v) is 7.05. The van der Waals surface area contributed by atoms with Crippen LogP contribution in [-0.2, 0) is 16.8 Å². The van der Waals surface area contributed by atoms with Gasteiger partial charge in [-0.1, -0.05) is 40.2 Å². The lowest BCUT2D eigenvalue weighted by atomic mass is 9.94. The highest BCUT2D eigenvalue weighted by atomic mass is 79.9. The van der Waals surface area contributed by atoms with Gasteiger partial charge in [0.25, 0.3) is 0 Å². The zero-order valence-electron chi connectivity index (χ0n) is 15.6. The van der Waals surface area contributed by atoms with E-state index in [1.165, 1.54) is 17.1 Å². The second-order valence-corrected chi connectivity index (χ2v) is 9.72. The fraction of sp³-hybridized carbons (Fsp3) is 0.409. The van der Waals surface area contributed by atoms with Crippen LogP contribution in [0.2, 0.25) is 0 Å². The summed E-state index contributed by atoms with van der Waals surface area (Å²) in [5.41, 5.74) is 4.13. The van der Waals surface area contributed by atoms with Gasteiger partial charge in [0.05, 0.1) is 5.41 Å². The van der Waals surface area contributed by atoms with Crippen molar-refractivity contribution < 1.29 is 4.79 Å². The van der Waals surface area contributed by atoms with Crippen LogP contribution in [-0.4, -0.2) is 35.4 Å². The molecule has 0 atom stereocenters. The van der Waals surface area contributed by atoms with Crippen LogP contribution in [0.15, 0.2) is 46.9 Å². The Balaban J connectivity index is 1.45. The molecule has 3 nitrogen and oxygen atoms in total. The summed E-state index contributed by atoms with van der Waals surface area (Å²) in [7, 11) is 0. The molecule has 0 unspecified atom stereocenters. The average Bonchev–Trinajstić information content (AvgIpc) is 3.47. The average molecular weight is 445 g/mol. The first kappa shape index (κ1) is 19.0. The van der Waals surface area contributed by atoms with E-state index in [0.29, 0.717) is 0 Å². The molecule has 1 saturated carbocycles. The van der Waals surface area contributed by atoms with Gasteiger partial charge in [0.2, 0.25) is 5.91 Å². The summed E-state index contributed by atoms with van der Waals surface area (Å²) < 4.78 is 1.02. The first-order valence-electron chi connectivity index (χ1n) is 9.54. The zero-order chi connectivity index (χ0) is 18.9. The summed E-state index contributed by atoms with van der Waals surface area (Å²) in [6.07, 6.45) is 1.83. The van der Waals surface area contributed by atoms with Gasteiger partial charge in [-0.2, -0.15) is 11.8 Å². The Hall–Kier alpha value is -1.30. The zero-order valence-corrected chi connectivity index (χ0v) is 18.0. The number of carbonyl (C=O) groups is 1. The number of rotatable bonds is 5. The van der Waals surface area contributed by atoms with Gasteiger partial charge in [-0.3, -0.25) is 9.69 Å². The standard InChI is InChI=1S/C22H25BrN2OS/c1-16-13-17(15-25-9-11-27-12-10-25)5-6-20(16)24-21(26)22(7-8-22)18-3-2-4-19(23)14-18/h2-6,13-14H,7-12,15H2,1H3,(H,24,26).